The Morgan fingerprint density at radius 2 is 2.19 bits per heavy atom. The fourth-order valence-electron chi connectivity index (χ4n) is 3.81. The van der Waals surface area contributed by atoms with Crippen molar-refractivity contribution in [3.63, 3.8) is 0 Å². The highest BCUT2D eigenvalue weighted by Crippen LogP contribution is 2.43. The van der Waals surface area contributed by atoms with Crippen LogP contribution in [0.4, 0.5) is 5.69 Å². The summed E-state index contributed by atoms with van der Waals surface area (Å²) in [5.41, 5.74) is 0.719. The molecule has 4 aliphatic rings. The van der Waals surface area contributed by atoms with Crippen molar-refractivity contribution in [3.8, 4) is 0 Å². The van der Waals surface area contributed by atoms with Gasteiger partial charge in [0.2, 0.25) is 0 Å². The molecular weight excluding hydrogens is 263 g/mol. The standard InChI is InChI=1S/C14H18BN4O.CH4/c15-19-6-3-11(4-7-19)14(10-19)9-17-13(20-14)18-12-2-1-5-16-8-12;/h1-2,5,8,11H,3-4,6-7,9-10H2,(H,17,18);1H4/q+1;. The minimum absolute atomic E-state index is 0. The molecule has 3 fully saturated rings. The Hall–Kier alpha value is -1.56. The molecular formula is C15H22BN4O+. The minimum atomic E-state index is -0.185. The van der Waals surface area contributed by atoms with Gasteiger partial charge in [0.05, 0.1) is 31.5 Å². The number of aromatic nitrogens is 1. The van der Waals surface area contributed by atoms with Crippen LogP contribution in [0, 0.1) is 5.92 Å². The molecule has 5 nitrogen and oxygen atoms in total. The third kappa shape index (κ3) is 2.42. The van der Waals surface area contributed by atoms with E-state index in [0.29, 0.717) is 16.3 Å². The van der Waals surface area contributed by atoms with Gasteiger partial charge in [0.15, 0.2) is 5.60 Å². The summed E-state index contributed by atoms with van der Waals surface area (Å²) in [7, 11) is 6.42. The van der Waals surface area contributed by atoms with Gasteiger partial charge >= 0.3 is 7.98 Å². The van der Waals surface area contributed by atoms with E-state index in [1.54, 1.807) is 12.4 Å². The number of nitrogens with zero attached hydrogens (tertiary/aromatic N) is 3. The molecule has 1 N–H and O–H groups in total. The number of pyridine rings is 1. The van der Waals surface area contributed by atoms with E-state index in [2.05, 4.69) is 15.3 Å². The average Bonchev–Trinajstić information content (AvgIpc) is 2.82. The lowest BCUT2D eigenvalue weighted by atomic mass is 9.72. The number of quaternary nitrogens is 1. The zero-order valence-corrected chi connectivity index (χ0v) is 11.5. The average molecular weight is 285 g/mol. The summed E-state index contributed by atoms with van der Waals surface area (Å²) in [5, 5.41) is 3.20. The fraction of sp³-hybridized carbons (Fsp3) is 0.600. The number of aliphatic imine (C=N–C) groups is 1. The second-order valence-corrected chi connectivity index (χ2v) is 6.25. The Balaban J connectivity index is 0.00000132. The molecule has 2 bridgehead atoms. The molecule has 0 aliphatic carbocycles. The predicted molar refractivity (Wildman–Crippen MR) is 84.0 cm³/mol. The number of hydrogen-bond donors (Lipinski definition) is 1. The summed E-state index contributed by atoms with van der Waals surface area (Å²) >= 11 is 0. The summed E-state index contributed by atoms with van der Waals surface area (Å²) < 4.78 is 6.85. The normalized spacial score (nSPS) is 36.8. The maximum atomic E-state index is 6.42. The molecule has 1 aromatic rings. The van der Waals surface area contributed by atoms with Crippen LogP contribution in [0.1, 0.15) is 20.3 Å². The van der Waals surface area contributed by atoms with Crippen LogP contribution in [0.25, 0.3) is 0 Å². The number of hydrogen-bond acceptors (Lipinski definition) is 4. The molecule has 0 saturated carbocycles. The summed E-state index contributed by atoms with van der Waals surface area (Å²) in [6.45, 7) is 3.74. The molecule has 0 amide bonds. The highest BCUT2D eigenvalue weighted by Gasteiger charge is 2.57. The van der Waals surface area contributed by atoms with E-state index in [-0.39, 0.29) is 13.0 Å². The number of nitrogens with one attached hydrogen (secondary N) is 1. The molecule has 5 heterocycles. The van der Waals surface area contributed by atoms with Crippen molar-refractivity contribution >= 4 is 19.7 Å². The SMILES string of the molecule is C.[B][N+]12CCC(CC1)C1(CN=C(Nc3cccnc3)O1)C2. The largest absolute Gasteiger partial charge is 0.481 e. The van der Waals surface area contributed by atoms with Crippen LogP contribution in [-0.4, -0.2) is 55.2 Å². The van der Waals surface area contributed by atoms with E-state index in [4.69, 9.17) is 12.7 Å². The molecule has 21 heavy (non-hydrogen) atoms. The maximum absolute atomic E-state index is 6.42. The van der Waals surface area contributed by atoms with Crippen LogP contribution in [0.2, 0.25) is 0 Å². The van der Waals surface area contributed by atoms with Gasteiger partial charge in [-0.1, -0.05) is 7.43 Å². The predicted octanol–water partition coefficient (Wildman–Crippen LogP) is 1.58. The fourth-order valence-corrected chi connectivity index (χ4v) is 3.81. The molecule has 1 aromatic heterocycles. The Labute approximate surface area is 127 Å². The minimum Gasteiger partial charge on any atom is -0.450 e. The summed E-state index contributed by atoms with van der Waals surface area (Å²) in [5.74, 6) is 0.586. The van der Waals surface area contributed by atoms with E-state index in [9.17, 15) is 0 Å². The maximum Gasteiger partial charge on any atom is 0.481 e. The van der Waals surface area contributed by atoms with E-state index >= 15 is 0 Å². The van der Waals surface area contributed by atoms with Crippen LogP contribution in [0.15, 0.2) is 29.5 Å². The number of amidine groups is 1. The number of anilines is 1. The van der Waals surface area contributed by atoms with Crippen molar-refractivity contribution < 1.29 is 9.13 Å². The van der Waals surface area contributed by atoms with Crippen molar-refractivity contribution in [2.24, 2.45) is 10.9 Å². The Morgan fingerprint density at radius 1 is 1.38 bits per heavy atom. The van der Waals surface area contributed by atoms with E-state index in [0.717, 1.165) is 44.7 Å². The van der Waals surface area contributed by atoms with Crippen LogP contribution >= 0.6 is 0 Å². The molecule has 110 valence electrons. The Kier molecular flexibility index (Phi) is 3.44. The lowest BCUT2D eigenvalue weighted by molar-refractivity contribution is -0.845. The van der Waals surface area contributed by atoms with Crippen LogP contribution in [0.5, 0.6) is 0 Å². The topological polar surface area (TPSA) is 46.5 Å². The third-order valence-corrected chi connectivity index (χ3v) is 4.88. The van der Waals surface area contributed by atoms with Gasteiger partial charge in [-0.05, 0) is 12.1 Å². The first-order chi connectivity index (χ1) is 9.68. The van der Waals surface area contributed by atoms with Crippen molar-refractivity contribution in [1.29, 1.82) is 0 Å². The first kappa shape index (κ1) is 14.4. The number of rotatable bonds is 1. The summed E-state index contributed by atoms with van der Waals surface area (Å²) in [6, 6.07) is 4.46. The third-order valence-electron chi connectivity index (χ3n) is 4.88. The number of piperidine rings is 3. The van der Waals surface area contributed by atoms with Gasteiger partial charge in [0, 0.05) is 25.0 Å². The van der Waals surface area contributed by atoms with Crippen LogP contribution in [0.3, 0.4) is 0 Å². The molecule has 3 saturated heterocycles. The molecule has 4 aliphatic heterocycles. The van der Waals surface area contributed by atoms with Crippen LogP contribution < -0.4 is 5.32 Å². The lowest BCUT2D eigenvalue weighted by Crippen LogP contribution is -2.69. The zero-order valence-electron chi connectivity index (χ0n) is 11.5. The quantitative estimate of drug-likeness (QED) is 0.797. The first-order valence-electron chi connectivity index (χ1n) is 7.23. The van der Waals surface area contributed by atoms with E-state index in [1.165, 1.54) is 0 Å². The molecule has 1 spiro atoms. The second kappa shape index (κ2) is 5.02. The van der Waals surface area contributed by atoms with Gasteiger partial charge in [-0.2, -0.15) is 0 Å². The van der Waals surface area contributed by atoms with Gasteiger partial charge in [0.25, 0.3) is 6.02 Å². The monoisotopic (exact) mass is 285 g/mol. The summed E-state index contributed by atoms with van der Waals surface area (Å²) in [6.07, 6.45) is 5.81. The van der Waals surface area contributed by atoms with Crippen molar-refractivity contribution in [2.45, 2.75) is 25.9 Å². The number of ether oxygens (including phenoxy) is 1. The first-order valence-corrected chi connectivity index (χ1v) is 7.23. The molecule has 1 atom stereocenters. The molecule has 5 rings (SSSR count). The second-order valence-electron chi connectivity index (χ2n) is 6.25. The summed E-state index contributed by atoms with van der Waals surface area (Å²) in [4.78, 5) is 8.63. The highest BCUT2D eigenvalue weighted by atomic mass is 16.5. The van der Waals surface area contributed by atoms with Crippen LogP contribution in [-0.2, 0) is 4.74 Å². The number of fused-ring (bicyclic) bond motifs is 2. The Morgan fingerprint density at radius 3 is 2.86 bits per heavy atom. The van der Waals surface area contributed by atoms with Crippen molar-refractivity contribution in [1.82, 2.24) is 4.98 Å². The zero-order chi connectivity index (χ0) is 13.6. The van der Waals surface area contributed by atoms with Crippen molar-refractivity contribution in [2.75, 3.05) is 31.5 Å². The molecule has 6 heteroatoms. The molecule has 0 aromatic carbocycles. The van der Waals surface area contributed by atoms with Gasteiger partial charge in [-0.15, -0.1) is 0 Å². The molecule has 1 unspecified atom stereocenters. The van der Waals surface area contributed by atoms with Gasteiger partial charge < -0.3 is 14.4 Å². The van der Waals surface area contributed by atoms with Gasteiger partial charge in [0.1, 0.15) is 6.54 Å². The lowest BCUT2D eigenvalue weighted by Gasteiger charge is -2.55. The van der Waals surface area contributed by atoms with E-state index in [1.807, 2.05) is 12.1 Å². The highest BCUT2D eigenvalue weighted by molar-refractivity contribution is 5.97. The van der Waals surface area contributed by atoms with Crippen molar-refractivity contribution in [3.05, 3.63) is 24.5 Å². The van der Waals surface area contributed by atoms with Gasteiger partial charge in [-0.25, -0.2) is 4.99 Å². The molecule has 2 radical (unpaired) electrons. The smallest absolute Gasteiger partial charge is 0.450 e. The Bertz CT molecular complexity index is 542. The van der Waals surface area contributed by atoms with E-state index < -0.39 is 0 Å². The van der Waals surface area contributed by atoms with Gasteiger partial charge in [-0.3, -0.25) is 4.98 Å².